The number of benzene rings is 2. The molecule has 0 radical (unpaired) electrons. The number of nitrogens with one attached hydrogen (secondary N) is 1. The summed E-state index contributed by atoms with van der Waals surface area (Å²) in [6, 6.07) is 13.4. The number of fused-ring (bicyclic) bond motifs is 1. The van der Waals surface area contributed by atoms with E-state index in [0.29, 0.717) is 43.4 Å². The van der Waals surface area contributed by atoms with Gasteiger partial charge in [-0.3, -0.25) is 14.5 Å². The lowest BCUT2D eigenvalue weighted by Crippen LogP contribution is -2.50. The third-order valence-electron chi connectivity index (χ3n) is 5.77. The Labute approximate surface area is 176 Å². The van der Waals surface area contributed by atoms with Crippen LogP contribution in [0.4, 0.5) is 5.69 Å². The van der Waals surface area contributed by atoms with Crippen molar-refractivity contribution >= 4 is 29.1 Å². The van der Waals surface area contributed by atoms with Gasteiger partial charge in [0, 0.05) is 31.7 Å². The molecule has 0 bridgehead atoms. The highest BCUT2D eigenvalue weighted by Gasteiger charge is 2.24. The van der Waals surface area contributed by atoms with Gasteiger partial charge < -0.3 is 10.2 Å². The SMILES string of the molecule is O=C(CN1CCN(C(=O)c2ccc3c(c2)CCCC3)CC1)Nc1ccccc1Cl. The Morgan fingerprint density at radius 3 is 2.41 bits per heavy atom. The molecule has 2 amide bonds. The third kappa shape index (κ3) is 4.80. The van der Waals surface area contributed by atoms with Crippen molar-refractivity contribution in [3.63, 3.8) is 0 Å². The predicted molar refractivity (Wildman–Crippen MR) is 116 cm³/mol. The summed E-state index contributed by atoms with van der Waals surface area (Å²) in [4.78, 5) is 29.2. The Hall–Kier alpha value is -2.37. The van der Waals surface area contributed by atoms with Crippen LogP contribution in [0.1, 0.15) is 34.3 Å². The zero-order chi connectivity index (χ0) is 20.2. The molecule has 5 nitrogen and oxygen atoms in total. The van der Waals surface area contributed by atoms with Crippen molar-refractivity contribution in [3.8, 4) is 0 Å². The molecule has 1 aliphatic carbocycles. The smallest absolute Gasteiger partial charge is 0.253 e. The summed E-state index contributed by atoms with van der Waals surface area (Å²) in [5.41, 5.74) is 4.13. The Morgan fingerprint density at radius 1 is 0.931 bits per heavy atom. The number of anilines is 1. The molecule has 152 valence electrons. The van der Waals surface area contributed by atoms with E-state index in [4.69, 9.17) is 11.6 Å². The Kier molecular flexibility index (Phi) is 6.16. The van der Waals surface area contributed by atoms with Crippen molar-refractivity contribution in [3.05, 3.63) is 64.2 Å². The van der Waals surface area contributed by atoms with E-state index in [9.17, 15) is 9.59 Å². The first-order valence-corrected chi connectivity index (χ1v) is 10.7. The Bertz CT molecular complexity index is 907. The molecule has 0 atom stereocenters. The topological polar surface area (TPSA) is 52.7 Å². The minimum atomic E-state index is -0.0902. The number of nitrogens with zero attached hydrogens (tertiary/aromatic N) is 2. The van der Waals surface area contributed by atoms with Crippen molar-refractivity contribution in [1.29, 1.82) is 0 Å². The van der Waals surface area contributed by atoms with Gasteiger partial charge >= 0.3 is 0 Å². The minimum absolute atomic E-state index is 0.0902. The fourth-order valence-electron chi connectivity index (χ4n) is 4.11. The molecule has 2 aromatic rings. The van der Waals surface area contributed by atoms with Gasteiger partial charge in [-0.05, 0) is 61.1 Å². The predicted octanol–water partition coefficient (Wildman–Crippen LogP) is 3.62. The first-order valence-electron chi connectivity index (χ1n) is 10.3. The molecule has 1 N–H and O–H groups in total. The van der Waals surface area contributed by atoms with E-state index in [1.165, 1.54) is 24.0 Å². The van der Waals surface area contributed by atoms with Crippen LogP contribution < -0.4 is 5.32 Å². The Morgan fingerprint density at radius 2 is 1.66 bits per heavy atom. The summed E-state index contributed by atoms with van der Waals surface area (Å²) in [5, 5.41) is 3.38. The van der Waals surface area contributed by atoms with Crippen molar-refractivity contribution in [2.24, 2.45) is 0 Å². The molecule has 1 aliphatic heterocycles. The summed E-state index contributed by atoms with van der Waals surface area (Å²) in [6.07, 6.45) is 4.65. The maximum Gasteiger partial charge on any atom is 0.253 e. The van der Waals surface area contributed by atoms with E-state index in [2.05, 4.69) is 22.3 Å². The van der Waals surface area contributed by atoms with Gasteiger partial charge in [0.15, 0.2) is 0 Å². The van der Waals surface area contributed by atoms with E-state index < -0.39 is 0 Å². The van der Waals surface area contributed by atoms with Crippen molar-refractivity contribution in [2.45, 2.75) is 25.7 Å². The number of carbonyl (C=O) groups is 2. The van der Waals surface area contributed by atoms with Crippen LogP contribution in [0.15, 0.2) is 42.5 Å². The van der Waals surface area contributed by atoms with Crippen LogP contribution in [0.25, 0.3) is 0 Å². The number of piperazine rings is 1. The fraction of sp³-hybridized carbons (Fsp3) is 0.391. The van der Waals surface area contributed by atoms with Crippen molar-refractivity contribution < 1.29 is 9.59 Å². The van der Waals surface area contributed by atoms with Gasteiger partial charge in [-0.25, -0.2) is 0 Å². The lowest BCUT2D eigenvalue weighted by molar-refractivity contribution is -0.117. The van der Waals surface area contributed by atoms with E-state index in [0.717, 1.165) is 18.4 Å². The molecule has 0 spiro atoms. The maximum atomic E-state index is 12.9. The van der Waals surface area contributed by atoms with Crippen molar-refractivity contribution in [2.75, 3.05) is 38.0 Å². The average molecular weight is 412 g/mol. The molecular formula is C23H26ClN3O2. The number of amides is 2. The normalized spacial score (nSPS) is 16.9. The highest BCUT2D eigenvalue weighted by molar-refractivity contribution is 6.33. The highest BCUT2D eigenvalue weighted by Crippen LogP contribution is 2.23. The van der Waals surface area contributed by atoms with E-state index in [1.807, 2.05) is 23.1 Å². The van der Waals surface area contributed by atoms with Crippen LogP contribution >= 0.6 is 11.6 Å². The summed E-state index contributed by atoms with van der Waals surface area (Å²) in [6.45, 7) is 2.94. The molecule has 1 heterocycles. The minimum Gasteiger partial charge on any atom is -0.336 e. The maximum absolute atomic E-state index is 12.9. The van der Waals surface area contributed by atoms with E-state index >= 15 is 0 Å². The third-order valence-corrected chi connectivity index (χ3v) is 6.10. The number of aryl methyl sites for hydroxylation is 2. The molecule has 6 heteroatoms. The van der Waals surface area contributed by atoms with Crippen LogP contribution in [-0.4, -0.2) is 54.3 Å². The van der Waals surface area contributed by atoms with Crippen LogP contribution in [-0.2, 0) is 17.6 Å². The zero-order valence-electron chi connectivity index (χ0n) is 16.5. The van der Waals surface area contributed by atoms with Crippen LogP contribution in [0.3, 0.4) is 0 Å². The number of hydrogen-bond acceptors (Lipinski definition) is 3. The molecule has 29 heavy (non-hydrogen) atoms. The second kappa shape index (κ2) is 8.97. The first kappa shape index (κ1) is 19.9. The number of rotatable bonds is 4. The molecular weight excluding hydrogens is 386 g/mol. The summed E-state index contributed by atoms with van der Waals surface area (Å²) < 4.78 is 0. The first-order chi connectivity index (χ1) is 14.1. The summed E-state index contributed by atoms with van der Waals surface area (Å²) >= 11 is 6.09. The molecule has 2 aromatic carbocycles. The number of para-hydroxylation sites is 1. The lowest BCUT2D eigenvalue weighted by Gasteiger charge is -2.34. The fourth-order valence-corrected chi connectivity index (χ4v) is 4.30. The number of carbonyl (C=O) groups excluding carboxylic acids is 2. The standard InChI is InChI=1S/C23H26ClN3O2/c24-20-7-3-4-8-21(20)25-22(28)16-26-11-13-27(14-12-26)23(29)19-10-9-17-5-1-2-6-18(17)15-19/h3-4,7-10,15H,1-2,5-6,11-14,16H2,(H,25,28). The lowest BCUT2D eigenvalue weighted by atomic mass is 9.90. The highest BCUT2D eigenvalue weighted by atomic mass is 35.5. The summed E-state index contributed by atoms with van der Waals surface area (Å²) in [7, 11) is 0. The molecule has 0 saturated carbocycles. The molecule has 2 aliphatic rings. The van der Waals surface area contributed by atoms with Gasteiger partial charge in [-0.15, -0.1) is 0 Å². The van der Waals surface area contributed by atoms with Gasteiger partial charge in [0.1, 0.15) is 0 Å². The van der Waals surface area contributed by atoms with E-state index in [1.54, 1.807) is 12.1 Å². The molecule has 1 fully saturated rings. The van der Waals surface area contributed by atoms with Crippen LogP contribution in [0, 0.1) is 0 Å². The number of halogens is 1. The van der Waals surface area contributed by atoms with Crippen molar-refractivity contribution in [1.82, 2.24) is 9.80 Å². The Balaban J connectivity index is 1.29. The van der Waals surface area contributed by atoms with Gasteiger partial charge in [-0.2, -0.15) is 0 Å². The average Bonchev–Trinajstić information content (AvgIpc) is 2.75. The summed E-state index contributed by atoms with van der Waals surface area (Å²) in [5.74, 6) is 0.00565. The van der Waals surface area contributed by atoms with Crippen LogP contribution in [0.2, 0.25) is 5.02 Å². The second-order valence-corrected chi connectivity index (χ2v) is 8.19. The number of hydrogen-bond donors (Lipinski definition) is 1. The second-order valence-electron chi connectivity index (χ2n) is 7.79. The zero-order valence-corrected chi connectivity index (χ0v) is 17.3. The largest absolute Gasteiger partial charge is 0.336 e. The van der Waals surface area contributed by atoms with Crippen LogP contribution in [0.5, 0.6) is 0 Å². The molecule has 1 saturated heterocycles. The quantitative estimate of drug-likeness (QED) is 0.836. The molecule has 4 rings (SSSR count). The van der Waals surface area contributed by atoms with Gasteiger partial charge in [0.05, 0.1) is 17.3 Å². The van der Waals surface area contributed by atoms with E-state index in [-0.39, 0.29) is 11.8 Å². The van der Waals surface area contributed by atoms with Gasteiger partial charge in [0.25, 0.3) is 5.91 Å². The van der Waals surface area contributed by atoms with Gasteiger partial charge in [-0.1, -0.05) is 29.8 Å². The molecule has 0 aromatic heterocycles. The van der Waals surface area contributed by atoms with Gasteiger partial charge in [0.2, 0.25) is 5.91 Å². The molecule has 0 unspecified atom stereocenters. The monoisotopic (exact) mass is 411 g/mol.